The Hall–Kier alpha value is -2.05. The molecule has 126 valence electrons. The van der Waals surface area contributed by atoms with Gasteiger partial charge in [-0.15, -0.1) is 12.4 Å². The van der Waals surface area contributed by atoms with Crippen LogP contribution < -0.4 is 15.4 Å². The topological polar surface area (TPSA) is 68.2 Å². The minimum Gasteiger partial charge on any atom is -0.497 e. The van der Waals surface area contributed by atoms with Gasteiger partial charge in [-0.2, -0.15) is 5.10 Å². The van der Waals surface area contributed by atoms with E-state index in [2.05, 4.69) is 15.7 Å². The normalized spacial score (nSPS) is 10.0. The molecule has 0 aliphatic heterocycles. The Morgan fingerprint density at radius 3 is 2.65 bits per heavy atom. The number of nitrogens with one attached hydrogen (secondary N) is 2. The number of halogens is 1. The summed E-state index contributed by atoms with van der Waals surface area (Å²) in [5, 5.41) is 10.2. The number of amides is 1. The van der Waals surface area contributed by atoms with Crippen molar-refractivity contribution in [2.24, 2.45) is 0 Å². The van der Waals surface area contributed by atoms with E-state index in [1.165, 1.54) is 0 Å². The smallest absolute Gasteiger partial charge is 0.254 e. The molecule has 6 nitrogen and oxygen atoms in total. The Bertz CT molecular complexity index is 598. The van der Waals surface area contributed by atoms with Crippen molar-refractivity contribution in [1.82, 2.24) is 20.4 Å². The molecule has 23 heavy (non-hydrogen) atoms. The Kier molecular flexibility index (Phi) is 8.15. The van der Waals surface area contributed by atoms with Crippen molar-refractivity contribution in [2.75, 3.05) is 27.2 Å². The summed E-state index contributed by atoms with van der Waals surface area (Å²) >= 11 is 0. The lowest BCUT2D eigenvalue weighted by molar-refractivity contribution is 0.0953. The van der Waals surface area contributed by atoms with E-state index in [4.69, 9.17) is 4.74 Å². The van der Waals surface area contributed by atoms with Gasteiger partial charge in [-0.05, 0) is 37.7 Å². The van der Waals surface area contributed by atoms with E-state index in [9.17, 15) is 4.79 Å². The average Bonchev–Trinajstić information content (AvgIpc) is 3.01. The number of rotatable bonds is 8. The molecule has 7 heteroatoms. The second kappa shape index (κ2) is 9.86. The molecule has 2 aromatic rings. The van der Waals surface area contributed by atoms with Crippen LogP contribution in [0.2, 0.25) is 0 Å². The van der Waals surface area contributed by atoms with Gasteiger partial charge >= 0.3 is 0 Å². The maximum atomic E-state index is 12.0. The number of nitrogens with zero attached hydrogens (tertiary/aromatic N) is 2. The summed E-state index contributed by atoms with van der Waals surface area (Å²) in [7, 11) is 3.54. The van der Waals surface area contributed by atoms with Gasteiger partial charge in [0.2, 0.25) is 0 Å². The SMILES string of the molecule is CNCCCNC(=O)c1cnn(Cc2ccc(OC)cc2)c1.Cl. The lowest BCUT2D eigenvalue weighted by atomic mass is 10.2. The summed E-state index contributed by atoms with van der Waals surface area (Å²) < 4.78 is 6.88. The first-order valence-electron chi connectivity index (χ1n) is 7.31. The van der Waals surface area contributed by atoms with Crippen molar-refractivity contribution >= 4 is 18.3 Å². The first-order chi connectivity index (χ1) is 10.7. The number of ether oxygens (including phenoxy) is 1. The predicted molar refractivity (Wildman–Crippen MR) is 92.4 cm³/mol. The van der Waals surface area contributed by atoms with E-state index in [-0.39, 0.29) is 18.3 Å². The van der Waals surface area contributed by atoms with Crippen LogP contribution in [0.3, 0.4) is 0 Å². The first-order valence-corrected chi connectivity index (χ1v) is 7.31. The number of methoxy groups -OCH3 is 1. The standard InChI is InChI=1S/C16H22N4O2.ClH/c1-17-8-3-9-18-16(21)14-10-19-20(12-14)11-13-4-6-15(22-2)7-5-13;/h4-7,10,12,17H,3,8-9,11H2,1-2H3,(H,18,21);1H. The van der Waals surface area contributed by atoms with Crippen LogP contribution in [0.5, 0.6) is 5.75 Å². The average molecular weight is 339 g/mol. The molecular weight excluding hydrogens is 316 g/mol. The van der Waals surface area contributed by atoms with Gasteiger partial charge < -0.3 is 15.4 Å². The van der Waals surface area contributed by atoms with Crippen molar-refractivity contribution in [3.8, 4) is 5.75 Å². The Balaban J connectivity index is 0.00000264. The highest BCUT2D eigenvalue weighted by Crippen LogP contribution is 2.12. The molecule has 0 atom stereocenters. The molecule has 0 saturated carbocycles. The zero-order chi connectivity index (χ0) is 15.8. The number of hydrogen-bond donors (Lipinski definition) is 2. The van der Waals surface area contributed by atoms with Crippen LogP contribution in [-0.2, 0) is 6.54 Å². The molecule has 0 bridgehead atoms. The van der Waals surface area contributed by atoms with Crippen molar-refractivity contribution < 1.29 is 9.53 Å². The summed E-state index contributed by atoms with van der Waals surface area (Å²) in [6.07, 6.45) is 4.26. The fraction of sp³-hybridized carbons (Fsp3) is 0.375. The second-order valence-electron chi connectivity index (χ2n) is 4.99. The molecule has 2 rings (SSSR count). The predicted octanol–water partition coefficient (Wildman–Crippen LogP) is 1.70. The summed E-state index contributed by atoms with van der Waals surface area (Å²) in [6.45, 7) is 2.16. The third-order valence-corrected chi connectivity index (χ3v) is 3.29. The van der Waals surface area contributed by atoms with Crippen LogP contribution in [0.15, 0.2) is 36.7 Å². The van der Waals surface area contributed by atoms with Crippen LogP contribution in [-0.4, -0.2) is 42.9 Å². The van der Waals surface area contributed by atoms with Crippen LogP contribution in [0, 0.1) is 0 Å². The summed E-state index contributed by atoms with van der Waals surface area (Å²) in [5.41, 5.74) is 1.68. The fourth-order valence-electron chi connectivity index (χ4n) is 2.05. The highest BCUT2D eigenvalue weighted by molar-refractivity contribution is 5.93. The molecule has 0 spiro atoms. The minimum atomic E-state index is -0.0860. The summed E-state index contributed by atoms with van der Waals surface area (Å²) in [4.78, 5) is 12.0. The number of carbonyl (C=O) groups excluding carboxylic acids is 1. The largest absolute Gasteiger partial charge is 0.497 e. The van der Waals surface area contributed by atoms with E-state index < -0.39 is 0 Å². The van der Waals surface area contributed by atoms with Crippen LogP contribution in [0.1, 0.15) is 22.3 Å². The fourth-order valence-corrected chi connectivity index (χ4v) is 2.05. The van der Waals surface area contributed by atoms with Gasteiger partial charge in [0.15, 0.2) is 0 Å². The minimum absolute atomic E-state index is 0. The molecule has 1 amide bonds. The number of benzene rings is 1. The van der Waals surface area contributed by atoms with Crippen molar-refractivity contribution in [3.63, 3.8) is 0 Å². The van der Waals surface area contributed by atoms with E-state index >= 15 is 0 Å². The Morgan fingerprint density at radius 2 is 2.00 bits per heavy atom. The number of carbonyl (C=O) groups is 1. The zero-order valence-corrected chi connectivity index (χ0v) is 14.2. The molecule has 0 aliphatic rings. The van der Waals surface area contributed by atoms with Gasteiger partial charge in [0.1, 0.15) is 5.75 Å². The van der Waals surface area contributed by atoms with Crippen molar-refractivity contribution in [1.29, 1.82) is 0 Å². The van der Waals surface area contributed by atoms with Crippen molar-refractivity contribution in [3.05, 3.63) is 47.8 Å². The molecule has 0 unspecified atom stereocenters. The van der Waals surface area contributed by atoms with E-state index in [1.807, 2.05) is 31.3 Å². The number of hydrogen-bond acceptors (Lipinski definition) is 4. The van der Waals surface area contributed by atoms with Gasteiger partial charge in [0, 0.05) is 12.7 Å². The zero-order valence-electron chi connectivity index (χ0n) is 13.4. The summed E-state index contributed by atoms with van der Waals surface area (Å²) in [6, 6.07) is 7.79. The maximum absolute atomic E-state index is 12.0. The molecule has 1 aromatic heterocycles. The quantitative estimate of drug-likeness (QED) is 0.719. The molecular formula is C16H23ClN4O2. The van der Waals surface area contributed by atoms with Crippen LogP contribution >= 0.6 is 12.4 Å². The number of aromatic nitrogens is 2. The van der Waals surface area contributed by atoms with E-state index in [0.29, 0.717) is 18.7 Å². The second-order valence-corrected chi connectivity index (χ2v) is 4.99. The lowest BCUT2D eigenvalue weighted by Crippen LogP contribution is -2.26. The highest BCUT2D eigenvalue weighted by atomic mass is 35.5. The molecule has 2 N–H and O–H groups in total. The van der Waals surface area contributed by atoms with Crippen LogP contribution in [0.4, 0.5) is 0 Å². The molecule has 0 saturated heterocycles. The molecule has 0 radical (unpaired) electrons. The van der Waals surface area contributed by atoms with Gasteiger partial charge in [-0.25, -0.2) is 0 Å². The Labute approximate surface area is 142 Å². The molecule has 1 aromatic carbocycles. The van der Waals surface area contributed by atoms with Crippen LogP contribution in [0.25, 0.3) is 0 Å². The van der Waals surface area contributed by atoms with E-state index in [1.54, 1.807) is 24.2 Å². The third kappa shape index (κ3) is 5.92. The molecule has 0 aliphatic carbocycles. The van der Waals surface area contributed by atoms with Gasteiger partial charge in [0.25, 0.3) is 5.91 Å². The lowest BCUT2D eigenvalue weighted by Gasteiger charge is -2.04. The third-order valence-electron chi connectivity index (χ3n) is 3.29. The monoisotopic (exact) mass is 338 g/mol. The highest BCUT2D eigenvalue weighted by Gasteiger charge is 2.08. The first kappa shape index (κ1) is 19.0. The summed E-state index contributed by atoms with van der Waals surface area (Å²) in [5.74, 6) is 0.739. The van der Waals surface area contributed by atoms with E-state index in [0.717, 1.165) is 24.3 Å². The Morgan fingerprint density at radius 1 is 1.26 bits per heavy atom. The van der Waals surface area contributed by atoms with Crippen molar-refractivity contribution in [2.45, 2.75) is 13.0 Å². The molecule has 0 fully saturated rings. The van der Waals surface area contributed by atoms with Gasteiger partial charge in [-0.3, -0.25) is 9.48 Å². The van der Waals surface area contributed by atoms with Gasteiger partial charge in [0.05, 0.1) is 25.4 Å². The van der Waals surface area contributed by atoms with Gasteiger partial charge in [-0.1, -0.05) is 12.1 Å². The molecule has 1 heterocycles. The maximum Gasteiger partial charge on any atom is 0.254 e.